The zero-order chi connectivity index (χ0) is 12.2. The summed E-state index contributed by atoms with van der Waals surface area (Å²) in [7, 11) is 1.69. The van der Waals surface area contributed by atoms with E-state index in [1.54, 1.807) is 7.11 Å². The minimum Gasteiger partial charge on any atom is -0.382 e. The molecule has 0 amide bonds. The second-order valence-electron chi connectivity index (χ2n) is 6.57. The lowest BCUT2D eigenvalue weighted by atomic mass is 9.64. The Morgan fingerprint density at radius 3 is 2.12 bits per heavy atom. The summed E-state index contributed by atoms with van der Waals surface area (Å²) in [6.45, 7) is 10.6. The van der Waals surface area contributed by atoms with Crippen LogP contribution >= 0.6 is 0 Å². The summed E-state index contributed by atoms with van der Waals surface area (Å²) in [5.41, 5.74) is 4.00. The molecule has 0 unspecified atom stereocenters. The Bertz CT molecular complexity index is 198. The van der Waals surface area contributed by atoms with Crippen molar-refractivity contribution in [1.29, 1.82) is 0 Å². The van der Waals surface area contributed by atoms with Gasteiger partial charge in [-0.2, -0.15) is 5.48 Å². The van der Waals surface area contributed by atoms with Gasteiger partial charge in [0.05, 0.1) is 13.2 Å². The van der Waals surface area contributed by atoms with Crippen LogP contribution in [0.2, 0.25) is 0 Å². The van der Waals surface area contributed by atoms with Gasteiger partial charge in [0.25, 0.3) is 0 Å². The van der Waals surface area contributed by atoms with Gasteiger partial charge in [-0.1, -0.05) is 27.7 Å². The summed E-state index contributed by atoms with van der Waals surface area (Å²) in [4.78, 5) is 5.43. The van der Waals surface area contributed by atoms with E-state index in [0.717, 1.165) is 0 Å². The highest BCUT2D eigenvalue weighted by atomic mass is 16.7. The number of ether oxygens (including phenoxy) is 1. The molecule has 3 nitrogen and oxygen atoms in total. The van der Waals surface area contributed by atoms with Gasteiger partial charge < -0.3 is 4.74 Å². The van der Waals surface area contributed by atoms with Gasteiger partial charge in [0.2, 0.25) is 0 Å². The highest BCUT2D eigenvalue weighted by Crippen LogP contribution is 2.45. The summed E-state index contributed by atoms with van der Waals surface area (Å²) in [5.74, 6) is 0. The molecule has 3 heteroatoms. The monoisotopic (exact) mass is 229 g/mol. The minimum atomic E-state index is 0.407. The van der Waals surface area contributed by atoms with Crippen molar-refractivity contribution in [2.75, 3.05) is 20.3 Å². The third-order valence-corrected chi connectivity index (χ3v) is 3.19. The number of hydroxylamine groups is 1. The first-order valence-electron chi connectivity index (χ1n) is 6.21. The SMILES string of the molecule is COCCONC1CC(C)(C)CC(C)(C)C1. The van der Waals surface area contributed by atoms with E-state index < -0.39 is 0 Å². The summed E-state index contributed by atoms with van der Waals surface area (Å²) in [6.07, 6.45) is 3.66. The van der Waals surface area contributed by atoms with Crippen LogP contribution in [0.4, 0.5) is 0 Å². The Balaban J connectivity index is 2.36. The fraction of sp³-hybridized carbons (Fsp3) is 1.00. The van der Waals surface area contributed by atoms with Crippen LogP contribution in [-0.2, 0) is 9.57 Å². The molecule has 0 aliphatic heterocycles. The molecule has 0 heterocycles. The molecule has 0 atom stereocenters. The molecule has 1 aliphatic carbocycles. The van der Waals surface area contributed by atoms with Gasteiger partial charge in [0, 0.05) is 13.2 Å². The maximum Gasteiger partial charge on any atom is 0.0915 e. The van der Waals surface area contributed by atoms with E-state index in [1.165, 1.54) is 19.3 Å². The van der Waals surface area contributed by atoms with Crippen LogP contribution in [0, 0.1) is 10.8 Å². The Morgan fingerprint density at radius 2 is 1.62 bits per heavy atom. The molecule has 1 aliphatic rings. The molecular weight excluding hydrogens is 202 g/mol. The van der Waals surface area contributed by atoms with Crippen molar-refractivity contribution >= 4 is 0 Å². The molecule has 0 radical (unpaired) electrons. The van der Waals surface area contributed by atoms with E-state index in [2.05, 4.69) is 33.2 Å². The predicted octanol–water partition coefficient (Wildman–Crippen LogP) is 2.76. The molecular formula is C13H27NO2. The number of hydrogen-bond acceptors (Lipinski definition) is 3. The molecule has 0 spiro atoms. The van der Waals surface area contributed by atoms with Crippen molar-refractivity contribution in [3.05, 3.63) is 0 Å². The van der Waals surface area contributed by atoms with Crippen molar-refractivity contribution < 1.29 is 9.57 Å². The molecule has 0 aromatic carbocycles. The van der Waals surface area contributed by atoms with E-state index in [0.29, 0.717) is 30.1 Å². The topological polar surface area (TPSA) is 30.5 Å². The predicted molar refractivity (Wildman–Crippen MR) is 66.2 cm³/mol. The van der Waals surface area contributed by atoms with E-state index >= 15 is 0 Å². The summed E-state index contributed by atoms with van der Waals surface area (Å²) in [5, 5.41) is 0. The molecule has 0 bridgehead atoms. The lowest BCUT2D eigenvalue weighted by Gasteiger charge is -2.44. The maximum absolute atomic E-state index is 5.43. The normalized spacial score (nSPS) is 24.6. The second kappa shape index (κ2) is 5.48. The van der Waals surface area contributed by atoms with Gasteiger partial charge in [0.1, 0.15) is 0 Å². The van der Waals surface area contributed by atoms with E-state index in [1.807, 2.05) is 0 Å². The van der Waals surface area contributed by atoms with Crippen LogP contribution in [0.5, 0.6) is 0 Å². The fourth-order valence-corrected chi connectivity index (χ4v) is 3.23. The van der Waals surface area contributed by atoms with Gasteiger partial charge in [-0.25, -0.2) is 0 Å². The smallest absolute Gasteiger partial charge is 0.0915 e. The van der Waals surface area contributed by atoms with E-state index in [-0.39, 0.29) is 0 Å². The van der Waals surface area contributed by atoms with Gasteiger partial charge >= 0.3 is 0 Å². The maximum atomic E-state index is 5.43. The van der Waals surface area contributed by atoms with Crippen molar-refractivity contribution in [2.45, 2.75) is 53.0 Å². The molecule has 0 aromatic rings. The number of methoxy groups -OCH3 is 1. The summed E-state index contributed by atoms with van der Waals surface area (Å²) in [6, 6.07) is 0.468. The number of nitrogens with one attached hydrogen (secondary N) is 1. The van der Waals surface area contributed by atoms with Crippen LogP contribution in [0.1, 0.15) is 47.0 Å². The molecule has 1 fully saturated rings. The Hall–Kier alpha value is -0.120. The quantitative estimate of drug-likeness (QED) is 0.581. The van der Waals surface area contributed by atoms with Gasteiger partial charge in [-0.15, -0.1) is 0 Å². The van der Waals surface area contributed by atoms with Crippen LogP contribution in [0.15, 0.2) is 0 Å². The van der Waals surface area contributed by atoms with Gasteiger partial charge in [-0.05, 0) is 30.1 Å². The Kier molecular flexibility index (Phi) is 4.77. The Morgan fingerprint density at radius 1 is 1.06 bits per heavy atom. The standard InChI is InChI=1S/C13H27NO2/c1-12(2)8-11(9-13(3,4)10-12)14-16-7-6-15-5/h11,14H,6-10H2,1-5H3. The first kappa shape index (κ1) is 13.9. The van der Waals surface area contributed by atoms with Crippen molar-refractivity contribution in [2.24, 2.45) is 10.8 Å². The average molecular weight is 229 g/mol. The first-order valence-corrected chi connectivity index (χ1v) is 6.21. The highest BCUT2D eigenvalue weighted by Gasteiger charge is 2.38. The van der Waals surface area contributed by atoms with Gasteiger partial charge in [-0.3, -0.25) is 4.84 Å². The zero-order valence-electron chi connectivity index (χ0n) is 11.4. The third-order valence-electron chi connectivity index (χ3n) is 3.19. The molecule has 96 valence electrons. The molecule has 0 saturated heterocycles. The highest BCUT2D eigenvalue weighted by molar-refractivity contribution is 4.91. The fourth-order valence-electron chi connectivity index (χ4n) is 3.23. The van der Waals surface area contributed by atoms with E-state index in [4.69, 9.17) is 9.57 Å². The van der Waals surface area contributed by atoms with Crippen LogP contribution in [-0.4, -0.2) is 26.4 Å². The van der Waals surface area contributed by atoms with Crippen molar-refractivity contribution in [3.63, 3.8) is 0 Å². The van der Waals surface area contributed by atoms with E-state index in [9.17, 15) is 0 Å². The zero-order valence-corrected chi connectivity index (χ0v) is 11.4. The van der Waals surface area contributed by atoms with Crippen LogP contribution < -0.4 is 5.48 Å². The average Bonchev–Trinajstić information content (AvgIpc) is 2.07. The first-order chi connectivity index (χ1) is 7.35. The van der Waals surface area contributed by atoms with Crippen LogP contribution in [0.3, 0.4) is 0 Å². The number of hydrogen-bond donors (Lipinski definition) is 1. The largest absolute Gasteiger partial charge is 0.382 e. The number of rotatable bonds is 5. The lowest BCUT2D eigenvalue weighted by Crippen LogP contribution is -2.44. The molecule has 1 saturated carbocycles. The van der Waals surface area contributed by atoms with Crippen molar-refractivity contribution in [1.82, 2.24) is 5.48 Å². The van der Waals surface area contributed by atoms with Crippen LogP contribution in [0.25, 0.3) is 0 Å². The third kappa shape index (κ3) is 4.81. The molecule has 1 rings (SSSR count). The van der Waals surface area contributed by atoms with Gasteiger partial charge in [0.15, 0.2) is 0 Å². The minimum absolute atomic E-state index is 0.407. The molecule has 16 heavy (non-hydrogen) atoms. The lowest BCUT2D eigenvalue weighted by molar-refractivity contribution is -0.0459. The molecule has 0 aromatic heterocycles. The second-order valence-corrected chi connectivity index (χ2v) is 6.57. The Labute approximate surface area is 99.8 Å². The summed E-state index contributed by atoms with van der Waals surface area (Å²) >= 11 is 0. The summed E-state index contributed by atoms with van der Waals surface area (Å²) < 4.78 is 4.95. The van der Waals surface area contributed by atoms with Crippen molar-refractivity contribution in [3.8, 4) is 0 Å². The molecule has 1 N–H and O–H groups in total.